The first-order valence-electron chi connectivity index (χ1n) is 7.93. The topological polar surface area (TPSA) is 68.0 Å². The summed E-state index contributed by atoms with van der Waals surface area (Å²) >= 11 is 1.67. The van der Waals surface area contributed by atoms with E-state index in [0.717, 1.165) is 0 Å². The van der Waals surface area contributed by atoms with Gasteiger partial charge in [-0.15, -0.1) is 11.3 Å². The van der Waals surface area contributed by atoms with Crippen LogP contribution in [0.15, 0.2) is 22.0 Å². The number of hydrogen-bond donors (Lipinski definition) is 1. The normalized spacial score (nSPS) is 13.3. The van der Waals surface area contributed by atoms with Crippen molar-refractivity contribution < 1.29 is 9.32 Å². The molecule has 1 N–H and O–H groups in total. The van der Waals surface area contributed by atoms with Gasteiger partial charge >= 0.3 is 0 Å². The Balaban J connectivity index is 1.90. The maximum atomic E-state index is 12.2. The van der Waals surface area contributed by atoms with Crippen molar-refractivity contribution in [2.75, 3.05) is 0 Å². The second-order valence-corrected chi connectivity index (χ2v) is 8.05. The lowest BCUT2D eigenvalue weighted by Crippen LogP contribution is -2.31. The summed E-state index contributed by atoms with van der Waals surface area (Å²) in [7, 11) is 0. The van der Waals surface area contributed by atoms with E-state index in [-0.39, 0.29) is 17.4 Å². The van der Waals surface area contributed by atoms with Crippen LogP contribution < -0.4 is 5.32 Å². The van der Waals surface area contributed by atoms with E-state index in [9.17, 15) is 4.79 Å². The highest BCUT2D eigenvalue weighted by Crippen LogP contribution is 2.26. The molecule has 0 aliphatic carbocycles. The fraction of sp³-hybridized carbons (Fsp3) is 0.588. The first-order valence-corrected chi connectivity index (χ1v) is 8.81. The standard InChI is InChI=1S/C17H25N3O2S/c1-11(2)15(12-7-6-10-23-12)18-13(21)8-9-14-19-16(20-22-14)17(3,4)5/h6-7,10-11,15H,8-9H2,1-5H3,(H,18,21)/t15-/m0/s1. The zero-order valence-corrected chi connectivity index (χ0v) is 15.2. The van der Waals surface area contributed by atoms with E-state index in [1.165, 1.54) is 4.88 Å². The molecule has 0 unspecified atom stereocenters. The molecule has 0 saturated heterocycles. The summed E-state index contributed by atoms with van der Waals surface area (Å²) < 4.78 is 5.23. The van der Waals surface area contributed by atoms with Crippen LogP contribution in [0.4, 0.5) is 0 Å². The summed E-state index contributed by atoms with van der Waals surface area (Å²) in [5, 5.41) is 9.12. The summed E-state index contributed by atoms with van der Waals surface area (Å²) in [5.74, 6) is 1.54. The zero-order chi connectivity index (χ0) is 17.0. The number of nitrogens with one attached hydrogen (secondary N) is 1. The van der Waals surface area contributed by atoms with Gasteiger partial charge in [-0.1, -0.05) is 45.8 Å². The van der Waals surface area contributed by atoms with Crippen LogP contribution in [0.25, 0.3) is 0 Å². The van der Waals surface area contributed by atoms with Gasteiger partial charge in [0, 0.05) is 23.1 Å². The fourth-order valence-electron chi connectivity index (χ4n) is 2.16. The van der Waals surface area contributed by atoms with Gasteiger partial charge in [0.1, 0.15) is 0 Å². The smallest absolute Gasteiger partial charge is 0.227 e. The summed E-state index contributed by atoms with van der Waals surface area (Å²) in [6.45, 7) is 10.3. The van der Waals surface area contributed by atoms with Crippen LogP contribution in [0, 0.1) is 5.92 Å². The van der Waals surface area contributed by atoms with Crippen LogP contribution in [-0.4, -0.2) is 16.0 Å². The van der Waals surface area contributed by atoms with E-state index in [1.54, 1.807) is 11.3 Å². The van der Waals surface area contributed by atoms with Gasteiger partial charge in [-0.05, 0) is 17.4 Å². The van der Waals surface area contributed by atoms with Crippen LogP contribution in [-0.2, 0) is 16.6 Å². The summed E-state index contributed by atoms with van der Waals surface area (Å²) in [6, 6.07) is 4.12. The molecule has 2 aromatic rings. The Hall–Kier alpha value is -1.69. The van der Waals surface area contributed by atoms with E-state index in [0.29, 0.717) is 30.5 Å². The maximum absolute atomic E-state index is 12.2. The fourth-order valence-corrected chi connectivity index (χ4v) is 3.11. The molecule has 0 aliphatic rings. The number of nitrogens with zero attached hydrogens (tertiary/aromatic N) is 2. The third kappa shape index (κ3) is 4.89. The number of carbonyl (C=O) groups is 1. The van der Waals surface area contributed by atoms with Crippen molar-refractivity contribution in [1.29, 1.82) is 0 Å². The van der Waals surface area contributed by atoms with E-state index in [2.05, 4.69) is 35.4 Å². The Kier molecular flexibility index (Phi) is 5.57. The van der Waals surface area contributed by atoms with Crippen molar-refractivity contribution in [3.8, 4) is 0 Å². The number of thiophene rings is 1. The third-order valence-corrected chi connectivity index (χ3v) is 4.49. The zero-order valence-electron chi connectivity index (χ0n) is 14.4. The van der Waals surface area contributed by atoms with E-state index in [1.807, 2.05) is 32.2 Å². The molecule has 1 amide bonds. The van der Waals surface area contributed by atoms with Gasteiger partial charge in [-0.2, -0.15) is 4.98 Å². The average molecular weight is 335 g/mol. The molecule has 2 rings (SSSR count). The van der Waals surface area contributed by atoms with Crippen molar-refractivity contribution >= 4 is 17.2 Å². The molecule has 5 nitrogen and oxygen atoms in total. The average Bonchev–Trinajstić information content (AvgIpc) is 3.12. The lowest BCUT2D eigenvalue weighted by atomic mass is 9.96. The van der Waals surface area contributed by atoms with Crippen LogP contribution in [0.2, 0.25) is 0 Å². The third-order valence-electron chi connectivity index (χ3n) is 3.54. The van der Waals surface area contributed by atoms with Crippen molar-refractivity contribution in [2.24, 2.45) is 5.92 Å². The Morgan fingerprint density at radius 3 is 2.65 bits per heavy atom. The van der Waals surface area contributed by atoms with E-state index in [4.69, 9.17) is 4.52 Å². The molecule has 0 bridgehead atoms. The molecule has 0 radical (unpaired) electrons. The number of amides is 1. The minimum Gasteiger partial charge on any atom is -0.348 e. The van der Waals surface area contributed by atoms with Gasteiger partial charge in [0.15, 0.2) is 5.82 Å². The Labute approximate surface area is 141 Å². The molecule has 0 aliphatic heterocycles. The minimum absolute atomic E-state index is 0.00705. The van der Waals surface area contributed by atoms with Gasteiger partial charge in [-0.3, -0.25) is 4.79 Å². The molecule has 0 spiro atoms. The SMILES string of the molecule is CC(C)[C@H](NC(=O)CCc1nc(C(C)(C)C)no1)c1cccs1. The van der Waals surface area contributed by atoms with Crippen LogP contribution >= 0.6 is 11.3 Å². The van der Waals surface area contributed by atoms with Gasteiger partial charge in [-0.25, -0.2) is 0 Å². The van der Waals surface area contributed by atoms with Crippen molar-refractivity contribution in [3.63, 3.8) is 0 Å². The Bertz CT molecular complexity index is 627. The van der Waals surface area contributed by atoms with Gasteiger partial charge in [0.25, 0.3) is 0 Å². The largest absolute Gasteiger partial charge is 0.348 e. The van der Waals surface area contributed by atoms with Gasteiger partial charge in [0.2, 0.25) is 11.8 Å². The number of aryl methyl sites for hydroxylation is 1. The van der Waals surface area contributed by atoms with Crippen LogP contribution in [0.3, 0.4) is 0 Å². The lowest BCUT2D eigenvalue weighted by molar-refractivity contribution is -0.122. The molecular weight excluding hydrogens is 310 g/mol. The van der Waals surface area contributed by atoms with E-state index < -0.39 is 0 Å². The second kappa shape index (κ2) is 7.25. The Morgan fingerprint density at radius 2 is 2.13 bits per heavy atom. The minimum atomic E-state index is -0.147. The first-order chi connectivity index (χ1) is 10.8. The number of rotatable bonds is 6. The first kappa shape index (κ1) is 17.7. The summed E-state index contributed by atoms with van der Waals surface area (Å²) in [4.78, 5) is 17.8. The highest BCUT2D eigenvalue weighted by Gasteiger charge is 2.22. The molecule has 2 aromatic heterocycles. The lowest BCUT2D eigenvalue weighted by Gasteiger charge is -2.21. The molecule has 0 fully saturated rings. The number of carbonyl (C=O) groups excluding carboxylic acids is 1. The molecular formula is C17H25N3O2S. The summed E-state index contributed by atoms with van der Waals surface area (Å²) in [6.07, 6.45) is 0.810. The maximum Gasteiger partial charge on any atom is 0.227 e. The quantitative estimate of drug-likeness (QED) is 0.870. The molecule has 6 heteroatoms. The highest BCUT2D eigenvalue weighted by atomic mass is 32.1. The number of aromatic nitrogens is 2. The second-order valence-electron chi connectivity index (χ2n) is 7.07. The van der Waals surface area contributed by atoms with E-state index >= 15 is 0 Å². The number of hydrogen-bond acceptors (Lipinski definition) is 5. The molecule has 0 saturated carbocycles. The predicted octanol–water partition coefficient (Wildman–Crippen LogP) is 3.87. The van der Waals surface area contributed by atoms with Crippen molar-refractivity contribution in [2.45, 2.75) is 58.9 Å². The molecule has 126 valence electrons. The summed E-state index contributed by atoms with van der Waals surface area (Å²) in [5.41, 5.74) is -0.147. The molecule has 23 heavy (non-hydrogen) atoms. The van der Waals surface area contributed by atoms with Gasteiger partial charge < -0.3 is 9.84 Å². The molecule has 1 atom stereocenters. The highest BCUT2D eigenvalue weighted by molar-refractivity contribution is 7.10. The predicted molar refractivity (Wildman–Crippen MR) is 91.4 cm³/mol. The Morgan fingerprint density at radius 1 is 1.39 bits per heavy atom. The van der Waals surface area contributed by atoms with Crippen molar-refractivity contribution in [1.82, 2.24) is 15.5 Å². The van der Waals surface area contributed by atoms with Crippen molar-refractivity contribution in [3.05, 3.63) is 34.1 Å². The molecule has 0 aromatic carbocycles. The van der Waals surface area contributed by atoms with Crippen LogP contribution in [0.1, 0.15) is 63.7 Å². The van der Waals surface area contributed by atoms with Crippen LogP contribution in [0.5, 0.6) is 0 Å². The van der Waals surface area contributed by atoms with Gasteiger partial charge in [0.05, 0.1) is 6.04 Å². The molecule has 2 heterocycles. The monoisotopic (exact) mass is 335 g/mol.